The van der Waals surface area contributed by atoms with Crippen LogP contribution in [0.15, 0.2) is 24.3 Å². The summed E-state index contributed by atoms with van der Waals surface area (Å²) in [5.74, 6) is -2.75. The van der Waals surface area contributed by atoms with E-state index in [2.05, 4.69) is 16.0 Å². The molecule has 3 N–H and O–H groups in total. The number of carboxylic acid groups (broad SMARTS) is 1. The molecule has 1 aliphatic carbocycles. The Balaban J connectivity index is 1.78. The zero-order chi connectivity index (χ0) is 17.0. The largest absolute Gasteiger partial charge is 0.480 e. The lowest BCUT2D eigenvalue weighted by molar-refractivity contribution is -0.231. The van der Waals surface area contributed by atoms with Gasteiger partial charge in [-0.3, -0.25) is 9.69 Å². The van der Waals surface area contributed by atoms with Gasteiger partial charge in [0.15, 0.2) is 5.79 Å². The Morgan fingerprint density at radius 1 is 1.28 bits per heavy atom. The number of carboxylic acids is 1. The van der Waals surface area contributed by atoms with Crippen molar-refractivity contribution in [1.29, 1.82) is 0 Å². The van der Waals surface area contributed by atoms with Crippen LogP contribution in [0.5, 0.6) is 0 Å². The maximum atomic E-state index is 12.6. The predicted molar refractivity (Wildman–Crippen MR) is 89.0 cm³/mol. The second-order valence-electron chi connectivity index (χ2n) is 7.99. The fraction of sp³-hybridized carbons (Fsp3) is 0.526. The first-order valence-electron chi connectivity index (χ1n) is 9.02. The Kier molecular flexibility index (Phi) is 2.43. The molecule has 3 fully saturated rings. The van der Waals surface area contributed by atoms with E-state index in [1.54, 1.807) is 0 Å². The number of carbonyl (C=O) groups is 1. The minimum absolute atomic E-state index is 0.0164. The monoisotopic (exact) mass is 340 g/mol. The molecule has 25 heavy (non-hydrogen) atoms. The van der Waals surface area contributed by atoms with Crippen molar-refractivity contribution in [2.75, 3.05) is 19.7 Å². The number of aliphatic hydroxyl groups is 1. The molecule has 1 aromatic heterocycles. The molecular weight excluding hydrogens is 320 g/mol. The average molecular weight is 340 g/mol. The summed E-state index contributed by atoms with van der Waals surface area (Å²) in [6, 6.07) is 8.05. The summed E-state index contributed by atoms with van der Waals surface area (Å²) in [6.45, 7) is 1.77. The van der Waals surface area contributed by atoms with Gasteiger partial charge in [0.25, 0.3) is 0 Å². The fourth-order valence-electron chi connectivity index (χ4n) is 6.21. The molecule has 0 radical (unpaired) electrons. The van der Waals surface area contributed by atoms with Crippen LogP contribution in [0.2, 0.25) is 0 Å². The molecule has 6 nitrogen and oxygen atoms in total. The maximum absolute atomic E-state index is 12.6. The van der Waals surface area contributed by atoms with Crippen molar-refractivity contribution in [3.05, 3.63) is 35.5 Å². The lowest BCUT2D eigenvalue weighted by Crippen LogP contribution is -2.50. The van der Waals surface area contributed by atoms with Crippen molar-refractivity contribution in [1.82, 2.24) is 9.88 Å². The number of nitrogens with one attached hydrogen (secondary N) is 1. The average Bonchev–Trinajstić information content (AvgIpc) is 3.19. The number of aromatic nitrogens is 1. The van der Waals surface area contributed by atoms with Gasteiger partial charge in [-0.1, -0.05) is 18.2 Å². The van der Waals surface area contributed by atoms with Crippen LogP contribution in [0.25, 0.3) is 10.9 Å². The number of aliphatic carboxylic acids is 1. The molecule has 6 bridgehead atoms. The third-order valence-electron chi connectivity index (χ3n) is 7.23. The summed E-state index contributed by atoms with van der Waals surface area (Å²) in [6.07, 6.45) is 1.48. The van der Waals surface area contributed by atoms with Crippen LogP contribution in [-0.4, -0.2) is 51.5 Å². The van der Waals surface area contributed by atoms with E-state index in [-0.39, 0.29) is 18.6 Å². The van der Waals surface area contributed by atoms with E-state index in [0.29, 0.717) is 6.42 Å². The molecule has 0 saturated carbocycles. The van der Waals surface area contributed by atoms with Gasteiger partial charge in [0.2, 0.25) is 0 Å². The lowest BCUT2D eigenvalue weighted by atomic mass is 9.69. The van der Waals surface area contributed by atoms with Gasteiger partial charge in [-0.25, -0.2) is 0 Å². The van der Waals surface area contributed by atoms with E-state index in [1.807, 2.05) is 18.2 Å². The maximum Gasteiger partial charge on any atom is 0.318 e. The third kappa shape index (κ3) is 1.39. The molecule has 3 saturated heterocycles. The second-order valence-corrected chi connectivity index (χ2v) is 7.99. The summed E-state index contributed by atoms with van der Waals surface area (Å²) in [5, 5.41) is 22.9. The Morgan fingerprint density at radius 2 is 2.08 bits per heavy atom. The number of fused-ring (bicyclic) bond motifs is 4. The highest BCUT2D eigenvalue weighted by Gasteiger charge is 2.72. The molecule has 4 heterocycles. The smallest absolute Gasteiger partial charge is 0.318 e. The predicted octanol–water partition coefficient (Wildman–Crippen LogP) is 1.61. The molecule has 0 amide bonds. The Hall–Kier alpha value is -1.89. The summed E-state index contributed by atoms with van der Waals surface area (Å²) < 4.78 is 5.93. The number of hydrogen-bond donors (Lipinski definition) is 3. The number of hydrogen-bond acceptors (Lipinski definition) is 4. The number of ether oxygens (including phenoxy) is 1. The minimum Gasteiger partial charge on any atom is -0.480 e. The molecule has 1 aromatic carbocycles. The molecular formula is C19H20N2O4. The summed E-state index contributed by atoms with van der Waals surface area (Å²) >= 11 is 0. The fourth-order valence-corrected chi connectivity index (χ4v) is 6.21. The number of H-pyrrole nitrogens is 1. The van der Waals surface area contributed by atoms with Crippen molar-refractivity contribution < 1.29 is 19.7 Å². The van der Waals surface area contributed by atoms with Crippen LogP contribution >= 0.6 is 0 Å². The van der Waals surface area contributed by atoms with Gasteiger partial charge in [-0.05, 0) is 37.6 Å². The molecule has 4 aliphatic rings. The first-order valence-corrected chi connectivity index (χ1v) is 9.02. The highest BCUT2D eigenvalue weighted by Crippen LogP contribution is 2.63. The van der Waals surface area contributed by atoms with Crippen LogP contribution < -0.4 is 0 Å². The minimum atomic E-state index is -1.35. The van der Waals surface area contributed by atoms with E-state index < -0.39 is 23.1 Å². The molecule has 2 aromatic rings. The molecule has 3 aliphatic heterocycles. The lowest BCUT2D eigenvalue weighted by Gasteiger charge is -2.36. The number of benzene rings is 1. The summed E-state index contributed by atoms with van der Waals surface area (Å²) in [5.41, 5.74) is 1.60. The molecule has 1 unspecified atom stereocenters. The van der Waals surface area contributed by atoms with Gasteiger partial charge in [-0.2, -0.15) is 0 Å². The summed E-state index contributed by atoms with van der Waals surface area (Å²) in [7, 11) is 0. The van der Waals surface area contributed by atoms with E-state index in [4.69, 9.17) is 4.74 Å². The zero-order valence-corrected chi connectivity index (χ0v) is 13.7. The van der Waals surface area contributed by atoms with Crippen LogP contribution in [0.1, 0.15) is 30.1 Å². The number of rotatable bonds is 1. The van der Waals surface area contributed by atoms with Gasteiger partial charge in [0.1, 0.15) is 5.41 Å². The zero-order valence-electron chi connectivity index (χ0n) is 13.7. The van der Waals surface area contributed by atoms with Crippen molar-refractivity contribution in [2.24, 2.45) is 11.8 Å². The number of aromatic amines is 1. The van der Waals surface area contributed by atoms with Gasteiger partial charge >= 0.3 is 5.97 Å². The number of nitrogens with zero attached hydrogens (tertiary/aromatic N) is 1. The van der Waals surface area contributed by atoms with Crippen molar-refractivity contribution in [3.63, 3.8) is 0 Å². The SMILES string of the molecule is O=C(O)[C@]12CO[C@@]3(O)[C@@H]4CCN(CC[C@@H]31)[C@@H]4c1c2[nH]c2ccccc12. The first kappa shape index (κ1) is 14.3. The van der Waals surface area contributed by atoms with E-state index >= 15 is 0 Å². The second kappa shape index (κ2) is 4.26. The van der Waals surface area contributed by atoms with E-state index in [0.717, 1.165) is 41.7 Å². The molecule has 6 atom stereocenters. The van der Waals surface area contributed by atoms with Crippen molar-refractivity contribution in [3.8, 4) is 0 Å². The quantitative estimate of drug-likeness (QED) is 0.734. The molecule has 130 valence electrons. The Labute approximate surface area is 144 Å². The molecule has 0 spiro atoms. The van der Waals surface area contributed by atoms with E-state index in [1.165, 1.54) is 0 Å². The van der Waals surface area contributed by atoms with Crippen molar-refractivity contribution >= 4 is 16.9 Å². The molecule has 6 rings (SSSR count). The molecule has 6 heteroatoms. The summed E-state index contributed by atoms with van der Waals surface area (Å²) in [4.78, 5) is 18.4. The highest BCUT2D eigenvalue weighted by molar-refractivity contribution is 5.91. The van der Waals surface area contributed by atoms with Crippen LogP contribution in [-0.2, 0) is 14.9 Å². The van der Waals surface area contributed by atoms with Gasteiger partial charge in [0.05, 0.1) is 6.61 Å². The third-order valence-corrected chi connectivity index (χ3v) is 7.23. The van der Waals surface area contributed by atoms with Crippen LogP contribution in [0, 0.1) is 11.8 Å². The highest BCUT2D eigenvalue weighted by atomic mass is 16.6. The van der Waals surface area contributed by atoms with Crippen LogP contribution in [0.3, 0.4) is 0 Å². The van der Waals surface area contributed by atoms with Gasteiger partial charge < -0.3 is 19.9 Å². The normalized spacial score (nSPS) is 43.9. The standard InChI is InChI=1S/C19H20N2O4/c22-17(23)18-9-25-19(24)11-5-7-21(8-6-13(18)19)15(11)14-10-3-1-2-4-12(10)20-16(14)18/h1-4,11,13,15,20,24H,5-9H2,(H,22,23)/t11-,13-,15+,18-,19+/m1/s1. The van der Waals surface area contributed by atoms with E-state index in [9.17, 15) is 15.0 Å². The van der Waals surface area contributed by atoms with Crippen LogP contribution in [0.4, 0.5) is 0 Å². The number of para-hydroxylation sites is 1. The Morgan fingerprint density at radius 3 is 2.92 bits per heavy atom. The topological polar surface area (TPSA) is 85.8 Å². The first-order chi connectivity index (χ1) is 12.1. The van der Waals surface area contributed by atoms with Gasteiger partial charge in [-0.15, -0.1) is 0 Å². The Bertz CT molecular complexity index is 923. The van der Waals surface area contributed by atoms with Gasteiger partial charge in [0, 0.05) is 34.5 Å². The van der Waals surface area contributed by atoms with Crippen molar-refractivity contribution in [2.45, 2.75) is 30.1 Å².